The SMILES string of the molecule is Cc1ccc(-c2nc3c(C)cccn3c2N=Nc2ccc(F)cc2)c(C)c1. The molecule has 0 aliphatic carbocycles. The first-order valence-corrected chi connectivity index (χ1v) is 8.75. The zero-order valence-corrected chi connectivity index (χ0v) is 15.4. The molecule has 27 heavy (non-hydrogen) atoms. The molecule has 0 spiro atoms. The van der Waals surface area contributed by atoms with E-state index in [0.717, 1.165) is 28.0 Å². The van der Waals surface area contributed by atoms with Gasteiger partial charge >= 0.3 is 0 Å². The Kier molecular flexibility index (Phi) is 4.28. The zero-order chi connectivity index (χ0) is 19.0. The number of azo groups is 1. The van der Waals surface area contributed by atoms with Gasteiger partial charge in [-0.1, -0.05) is 29.8 Å². The van der Waals surface area contributed by atoms with Crippen molar-refractivity contribution in [3.63, 3.8) is 0 Å². The van der Waals surface area contributed by atoms with Crippen LogP contribution in [-0.4, -0.2) is 9.38 Å². The van der Waals surface area contributed by atoms with Gasteiger partial charge in [-0.3, -0.25) is 4.40 Å². The molecule has 0 unspecified atom stereocenters. The largest absolute Gasteiger partial charge is 0.282 e. The van der Waals surface area contributed by atoms with Gasteiger partial charge in [-0.15, -0.1) is 10.2 Å². The smallest absolute Gasteiger partial charge is 0.187 e. The number of fused-ring (bicyclic) bond motifs is 1. The first-order chi connectivity index (χ1) is 13.0. The molecule has 2 aromatic heterocycles. The lowest BCUT2D eigenvalue weighted by atomic mass is 10.0. The molecule has 0 fully saturated rings. The number of benzene rings is 2. The van der Waals surface area contributed by atoms with Crippen molar-refractivity contribution in [2.75, 3.05) is 0 Å². The average Bonchev–Trinajstić information content (AvgIpc) is 3.01. The first-order valence-electron chi connectivity index (χ1n) is 8.75. The minimum atomic E-state index is -0.296. The van der Waals surface area contributed by atoms with Gasteiger partial charge < -0.3 is 0 Å². The van der Waals surface area contributed by atoms with Crippen molar-refractivity contribution >= 4 is 17.2 Å². The van der Waals surface area contributed by atoms with Crippen LogP contribution in [0.25, 0.3) is 16.9 Å². The fraction of sp³-hybridized carbons (Fsp3) is 0.136. The summed E-state index contributed by atoms with van der Waals surface area (Å²) in [6.07, 6.45) is 1.93. The molecule has 0 aliphatic heterocycles. The summed E-state index contributed by atoms with van der Waals surface area (Å²) in [6.45, 7) is 6.16. The van der Waals surface area contributed by atoms with Crippen LogP contribution >= 0.6 is 0 Å². The molecule has 0 atom stereocenters. The van der Waals surface area contributed by atoms with Gasteiger partial charge in [0.15, 0.2) is 5.82 Å². The molecule has 134 valence electrons. The summed E-state index contributed by atoms with van der Waals surface area (Å²) in [4.78, 5) is 4.85. The number of imidazole rings is 1. The third kappa shape index (κ3) is 3.24. The van der Waals surface area contributed by atoms with Gasteiger partial charge in [-0.2, -0.15) is 0 Å². The van der Waals surface area contributed by atoms with Crippen molar-refractivity contribution in [3.8, 4) is 11.3 Å². The van der Waals surface area contributed by atoms with Crippen LogP contribution < -0.4 is 0 Å². The number of hydrogen-bond acceptors (Lipinski definition) is 3. The molecule has 0 amide bonds. The Morgan fingerprint density at radius 2 is 1.67 bits per heavy atom. The molecule has 2 heterocycles. The maximum absolute atomic E-state index is 13.1. The van der Waals surface area contributed by atoms with Gasteiger partial charge in [0.1, 0.15) is 17.2 Å². The zero-order valence-electron chi connectivity index (χ0n) is 15.4. The number of aryl methyl sites for hydroxylation is 3. The molecule has 0 N–H and O–H groups in total. The lowest BCUT2D eigenvalue weighted by Gasteiger charge is -2.05. The van der Waals surface area contributed by atoms with E-state index in [1.165, 1.54) is 17.7 Å². The maximum atomic E-state index is 13.1. The summed E-state index contributed by atoms with van der Waals surface area (Å²) in [7, 11) is 0. The van der Waals surface area contributed by atoms with Crippen molar-refractivity contribution in [3.05, 3.63) is 83.3 Å². The second kappa shape index (κ2) is 6.76. The Morgan fingerprint density at radius 3 is 2.41 bits per heavy atom. The second-order valence-corrected chi connectivity index (χ2v) is 6.66. The van der Waals surface area contributed by atoms with E-state index in [0.29, 0.717) is 11.5 Å². The summed E-state index contributed by atoms with van der Waals surface area (Å²) in [6, 6.07) is 16.2. The van der Waals surface area contributed by atoms with Crippen molar-refractivity contribution < 1.29 is 4.39 Å². The third-order valence-electron chi connectivity index (χ3n) is 4.54. The van der Waals surface area contributed by atoms with Crippen LogP contribution in [0.5, 0.6) is 0 Å². The highest BCUT2D eigenvalue weighted by Gasteiger charge is 2.16. The van der Waals surface area contributed by atoms with Gasteiger partial charge in [0.05, 0.1) is 5.69 Å². The monoisotopic (exact) mass is 358 g/mol. The van der Waals surface area contributed by atoms with Crippen LogP contribution in [-0.2, 0) is 0 Å². The molecule has 2 aromatic carbocycles. The molecule has 0 saturated heterocycles. The third-order valence-corrected chi connectivity index (χ3v) is 4.54. The molecule has 0 radical (unpaired) electrons. The Bertz CT molecular complexity index is 1160. The summed E-state index contributed by atoms with van der Waals surface area (Å²) < 4.78 is 15.1. The van der Waals surface area contributed by atoms with E-state index in [2.05, 4.69) is 42.3 Å². The van der Waals surface area contributed by atoms with Crippen LogP contribution in [0.15, 0.2) is 71.0 Å². The van der Waals surface area contributed by atoms with E-state index in [1.54, 1.807) is 12.1 Å². The minimum Gasteiger partial charge on any atom is -0.282 e. The maximum Gasteiger partial charge on any atom is 0.187 e. The van der Waals surface area contributed by atoms with Crippen LogP contribution in [0.3, 0.4) is 0 Å². The summed E-state index contributed by atoms with van der Waals surface area (Å²) in [5.74, 6) is 0.361. The molecule has 0 bridgehead atoms. The molecular formula is C22H19FN4. The Labute approximate surface area is 157 Å². The van der Waals surface area contributed by atoms with Crippen molar-refractivity contribution in [2.24, 2.45) is 10.2 Å². The van der Waals surface area contributed by atoms with Gasteiger partial charge in [-0.25, -0.2) is 9.37 Å². The normalized spacial score (nSPS) is 11.6. The van der Waals surface area contributed by atoms with E-state index in [4.69, 9.17) is 4.98 Å². The van der Waals surface area contributed by atoms with E-state index < -0.39 is 0 Å². The Morgan fingerprint density at radius 1 is 0.889 bits per heavy atom. The standard InChI is InChI=1S/C22H19FN4/c1-14-6-11-19(16(3)13-14)20-22(26-25-18-9-7-17(23)8-10-18)27-12-4-5-15(2)21(27)24-20/h4-13H,1-3H3. The number of rotatable bonds is 3. The Balaban J connectivity index is 1.91. The first kappa shape index (κ1) is 17.1. The number of halogens is 1. The van der Waals surface area contributed by atoms with E-state index in [1.807, 2.05) is 29.7 Å². The lowest BCUT2D eigenvalue weighted by molar-refractivity contribution is 0.628. The fourth-order valence-electron chi connectivity index (χ4n) is 3.16. The molecule has 4 rings (SSSR count). The number of nitrogens with zero attached hydrogens (tertiary/aromatic N) is 4. The van der Waals surface area contributed by atoms with E-state index >= 15 is 0 Å². The quantitative estimate of drug-likeness (QED) is 0.386. The van der Waals surface area contributed by atoms with E-state index in [9.17, 15) is 4.39 Å². The van der Waals surface area contributed by atoms with Crippen LogP contribution in [0.4, 0.5) is 15.9 Å². The van der Waals surface area contributed by atoms with Crippen molar-refractivity contribution in [1.29, 1.82) is 0 Å². The topological polar surface area (TPSA) is 42.0 Å². The fourth-order valence-corrected chi connectivity index (χ4v) is 3.16. The number of aromatic nitrogens is 2. The summed E-state index contributed by atoms with van der Waals surface area (Å²) in [5.41, 5.74) is 6.64. The highest BCUT2D eigenvalue weighted by molar-refractivity contribution is 5.77. The van der Waals surface area contributed by atoms with Gasteiger partial charge in [0, 0.05) is 11.8 Å². The number of pyridine rings is 1. The molecular weight excluding hydrogens is 339 g/mol. The highest BCUT2D eigenvalue weighted by atomic mass is 19.1. The lowest BCUT2D eigenvalue weighted by Crippen LogP contribution is -1.86. The second-order valence-electron chi connectivity index (χ2n) is 6.66. The summed E-state index contributed by atoms with van der Waals surface area (Å²) >= 11 is 0. The predicted molar refractivity (Wildman–Crippen MR) is 105 cm³/mol. The number of hydrogen-bond donors (Lipinski definition) is 0. The average molecular weight is 358 g/mol. The molecule has 5 heteroatoms. The van der Waals surface area contributed by atoms with Crippen LogP contribution in [0, 0.1) is 26.6 Å². The molecule has 4 aromatic rings. The van der Waals surface area contributed by atoms with Crippen LogP contribution in [0.1, 0.15) is 16.7 Å². The molecule has 0 saturated carbocycles. The molecule has 0 aliphatic rings. The van der Waals surface area contributed by atoms with Gasteiger partial charge in [0.2, 0.25) is 0 Å². The molecule has 4 nitrogen and oxygen atoms in total. The Hall–Kier alpha value is -3.34. The van der Waals surface area contributed by atoms with Gasteiger partial charge in [-0.05, 0) is 62.2 Å². The minimum absolute atomic E-state index is 0.296. The van der Waals surface area contributed by atoms with Crippen molar-refractivity contribution in [2.45, 2.75) is 20.8 Å². The predicted octanol–water partition coefficient (Wildman–Crippen LogP) is 6.48. The van der Waals surface area contributed by atoms with Gasteiger partial charge in [0.25, 0.3) is 0 Å². The summed E-state index contributed by atoms with van der Waals surface area (Å²) in [5, 5.41) is 8.78. The van der Waals surface area contributed by atoms with Crippen molar-refractivity contribution in [1.82, 2.24) is 9.38 Å². The highest BCUT2D eigenvalue weighted by Crippen LogP contribution is 2.35. The van der Waals surface area contributed by atoms with Crippen LogP contribution in [0.2, 0.25) is 0 Å². The van der Waals surface area contributed by atoms with E-state index in [-0.39, 0.29) is 5.82 Å².